The van der Waals surface area contributed by atoms with Crippen LogP contribution in [0.3, 0.4) is 0 Å². The first kappa shape index (κ1) is 14.3. The van der Waals surface area contributed by atoms with Gasteiger partial charge in [-0.3, -0.25) is 0 Å². The predicted octanol–water partition coefficient (Wildman–Crippen LogP) is 1.47. The minimum Gasteiger partial charge on any atom is -0.364 e. The first-order chi connectivity index (χ1) is 8.80. The van der Waals surface area contributed by atoms with Crippen molar-refractivity contribution in [2.75, 3.05) is 23.0 Å². The van der Waals surface area contributed by atoms with Crippen LogP contribution in [0.15, 0.2) is 18.2 Å². The van der Waals surface area contributed by atoms with Gasteiger partial charge in [0.05, 0.1) is 17.2 Å². The Morgan fingerprint density at radius 3 is 2.68 bits per heavy atom. The summed E-state index contributed by atoms with van der Waals surface area (Å²) in [7, 11) is -2.99. The largest absolute Gasteiger partial charge is 0.364 e. The third-order valence-electron chi connectivity index (χ3n) is 3.48. The van der Waals surface area contributed by atoms with Crippen LogP contribution in [0.5, 0.6) is 0 Å². The minimum absolute atomic E-state index is 0.0709. The van der Waals surface area contributed by atoms with Crippen LogP contribution in [0, 0.1) is 5.82 Å². The van der Waals surface area contributed by atoms with Crippen molar-refractivity contribution in [1.29, 1.82) is 0 Å². The molecule has 4 nitrogen and oxygen atoms in total. The number of anilines is 1. The first-order valence-corrected chi connectivity index (χ1v) is 8.14. The molecule has 1 unspecified atom stereocenters. The summed E-state index contributed by atoms with van der Waals surface area (Å²) in [6, 6.07) is 4.47. The minimum atomic E-state index is -2.99. The molecule has 0 aromatic heterocycles. The van der Waals surface area contributed by atoms with E-state index in [0.717, 1.165) is 5.56 Å². The summed E-state index contributed by atoms with van der Waals surface area (Å²) < 4.78 is 37.2. The van der Waals surface area contributed by atoms with Crippen molar-refractivity contribution in [3.05, 3.63) is 29.6 Å². The van der Waals surface area contributed by atoms with Crippen LogP contribution in [-0.2, 0) is 9.84 Å². The van der Waals surface area contributed by atoms with Crippen molar-refractivity contribution < 1.29 is 12.8 Å². The van der Waals surface area contributed by atoms with E-state index in [0.29, 0.717) is 12.2 Å². The van der Waals surface area contributed by atoms with Gasteiger partial charge in [-0.2, -0.15) is 0 Å². The highest BCUT2D eigenvalue weighted by atomic mass is 32.2. The fourth-order valence-electron chi connectivity index (χ4n) is 2.40. The molecular formula is C13H19FN2O2S. The van der Waals surface area contributed by atoms with Gasteiger partial charge in [0.1, 0.15) is 5.82 Å². The molecule has 0 aliphatic carbocycles. The molecule has 2 atom stereocenters. The van der Waals surface area contributed by atoms with Gasteiger partial charge in [-0.1, -0.05) is 6.07 Å². The monoisotopic (exact) mass is 286 g/mol. The highest BCUT2D eigenvalue weighted by Crippen LogP contribution is 2.26. The second kappa shape index (κ2) is 5.09. The third-order valence-corrected chi connectivity index (χ3v) is 5.27. The van der Waals surface area contributed by atoms with Crippen molar-refractivity contribution in [3.63, 3.8) is 0 Å². The molecule has 0 amide bonds. The van der Waals surface area contributed by atoms with Crippen LogP contribution in [0.25, 0.3) is 0 Å². The van der Waals surface area contributed by atoms with Crippen LogP contribution < -0.4 is 10.6 Å². The Morgan fingerprint density at radius 1 is 1.47 bits per heavy atom. The van der Waals surface area contributed by atoms with Gasteiger partial charge >= 0.3 is 0 Å². The molecule has 2 rings (SSSR count). The number of halogens is 1. The third kappa shape index (κ3) is 3.06. The van der Waals surface area contributed by atoms with Gasteiger partial charge in [0.15, 0.2) is 9.84 Å². The highest BCUT2D eigenvalue weighted by Gasteiger charge is 2.29. The summed E-state index contributed by atoms with van der Waals surface area (Å²) in [5.41, 5.74) is 6.90. The van der Waals surface area contributed by atoms with Gasteiger partial charge in [0, 0.05) is 18.6 Å². The highest BCUT2D eigenvalue weighted by molar-refractivity contribution is 7.91. The van der Waals surface area contributed by atoms with E-state index in [-0.39, 0.29) is 29.4 Å². The Bertz CT molecular complexity index is 572. The Hall–Kier alpha value is -1.14. The molecule has 2 N–H and O–H groups in total. The molecule has 1 aromatic rings. The number of benzene rings is 1. The molecule has 106 valence electrons. The Balaban J connectivity index is 2.28. The van der Waals surface area contributed by atoms with E-state index in [1.807, 2.05) is 0 Å². The van der Waals surface area contributed by atoms with E-state index in [1.54, 1.807) is 30.9 Å². The molecule has 1 saturated heterocycles. The SMILES string of the molecule is CC1CS(=O)(=O)CCN1c1ccc([C@@H](C)N)cc1F. The van der Waals surface area contributed by atoms with Crippen molar-refractivity contribution in [2.45, 2.75) is 25.9 Å². The molecule has 1 fully saturated rings. The average molecular weight is 286 g/mol. The maximum atomic E-state index is 14.1. The van der Waals surface area contributed by atoms with Crippen molar-refractivity contribution in [2.24, 2.45) is 5.73 Å². The maximum absolute atomic E-state index is 14.1. The molecule has 1 heterocycles. The lowest BCUT2D eigenvalue weighted by Gasteiger charge is -2.35. The second-order valence-corrected chi connectivity index (χ2v) is 7.39. The van der Waals surface area contributed by atoms with Gasteiger partial charge in [0.2, 0.25) is 0 Å². The van der Waals surface area contributed by atoms with Crippen LogP contribution in [0.2, 0.25) is 0 Å². The Morgan fingerprint density at radius 2 is 2.16 bits per heavy atom. The van der Waals surface area contributed by atoms with Crippen molar-refractivity contribution >= 4 is 15.5 Å². The topological polar surface area (TPSA) is 63.4 Å². The smallest absolute Gasteiger partial charge is 0.154 e. The zero-order valence-electron chi connectivity index (χ0n) is 11.1. The molecule has 0 spiro atoms. The quantitative estimate of drug-likeness (QED) is 0.894. The fourth-order valence-corrected chi connectivity index (χ4v) is 3.95. The van der Waals surface area contributed by atoms with Crippen LogP contribution in [0.4, 0.5) is 10.1 Å². The number of sulfone groups is 1. The molecule has 1 aliphatic heterocycles. The zero-order chi connectivity index (χ0) is 14.2. The summed E-state index contributed by atoms with van der Waals surface area (Å²) in [4.78, 5) is 1.81. The van der Waals surface area contributed by atoms with E-state index < -0.39 is 9.84 Å². The van der Waals surface area contributed by atoms with Gasteiger partial charge in [-0.15, -0.1) is 0 Å². The first-order valence-electron chi connectivity index (χ1n) is 6.32. The lowest BCUT2D eigenvalue weighted by Crippen LogP contribution is -2.47. The summed E-state index contributed by atoms with van der Waals surface area (Å²) in [6.45, 7) is 3.93. The molecule has 0 bridgehead atoms. The Labute approximate surface area is 113 Å². The molecule has 19 heavy (non-hydrogen) atoms. The summed E-state index contributed by atoms with van der Waals surface area (Å²) >= 11 is 0. The van der Waals surface area contributed by atoms with E-state index in [9.17, 15) is 12.8 Å². The van der Waals surface area contributed by atoms with Gasteiger partial charge in [-0.05, 0) is 31.5 Å². The maximum Gasteiger partial charge on any atom is 0.154 e. The van der Waals surface area contributed by atoms with Crippen LogP contribution in [-0.4, -0.2) is 32.5 Å². The van der Waals surface area contributed by atoms with Crippen LogP contribution >= 0.6 is 0 Å². The van der Waals surface area contributed by atoms with Crippen LogP contribution in [0.1, 0.15) is 25.5 Å². The van der Waals surface area contributed by atoms with Crippen molar-refractivity contribution in [3.8, 4) is 0 Å². The van der Waals surface area contributed by atoms with E-state index in [1.165, 1.54) is 6.07 Å². The average Bonchev–Trinajstić information content (AvgIpc) is 2.29. The van der Waals surface area contributed by atoms with Gasteiger partial charge in [0.25, 0.3) is 0 Å². The molecule has 0 radical (unpaired) electrons. The summed E-state index contributed by atoms with van der Waals surface area (Å²) in [5.74, 6) is -0.200. The lowest BCUT2D eigenvalue weighted by molar-refractivity contribution is 0.558. The number of rotatable bonds is 2. The molecule has 1 aromatic carbocycles. The number of hydrogen-bond acceptors (Lipinski definition) is 4. The van der Waals surface area contributed by atoms with Gasteiger partial charge < -0.3 is 10.6 Å². The number of nitrogens with two attached hydrogens (primary N) is 1. The normalized spacial score (nSPS) is 24.2. The fraction of sp³-hybridized carbons (Fsp3) is 0.538. The van der Waals surface area contributed by atoms with E-state index in [4.69, 9.17) is 5.73 Å². The standard InChI is InChI=1S/C13H19FN2O2S/c1-9-8-19(17,18)6-5-16(9)13-4-3-11(10(2)15)7-12(13)14/h3-4,7,9-10H,5-6,8,15H2,1-2H3/t9?,10-/m1/s1. The summed E-state index contributed by atoms with van der Waals surface area (Å²) in [6.07, 6.45) is 0. The molecular weight excluding hydrogens is 267 g/mol. The zero-order valence-corrected chi connectivity index (χ0v) is 12.0. The van der Waals surface area contributed by atoms with Crippen molar-refractivity contribution in [1.82, 2.24) is 0 Å². The number of hydrogen-bond donors (Lipinski definition) is 1. The van der Waals surface area contributed by atoms with E-state index in [2.05, 4.69) is 0 Å². The predicted molar refractivity (Wildman–Crippen MR) is 74.5 cm³/mol. The summed E-state index contributed by atoms with van der Waals surface area (Å²) in [5, 5.41) is 0. The lowest BCUT2D eigenvalue weighted by atomic mass is 10.1. The molecule has 0 saturated carbocycles. The Kier molecular flexibility index (Phi) is 3.82. The van der Waals surface area contributed by atoms with Gasteiger partial charge in [-0.25, -0.2) is 12.8 Å². The second-order valence-electron chi connectivity index (χ2n) is 5.16. The van der Waals surface area contributed by atoms with E-state index >= 15 is 0 Å². The number of nitrogens with zero attached hydrogens (tertiary/aromatic N) is 1. The molecule has 6 heteroatoms. The molecule has 1 aliphatic rings.